The van der Waals surface area contributed by atoms with Crippen LogP contribution < -0.4 is 0 Å². The molecule has 7 heteroatoms. The third-order valence-corrected chi connectivity index (χ3v) is 7.93. The molecular weight excluding hydrogens is 444 g/mol. The molecule has 1 aliphatic heterocycles. The van der Waals surface area contributed by atoms with E-state index in [1.165, 1.54) is 47.4 Å². The maximum Gasteiger partial charge on any atom is 0.233 e. The van der Waals surface area contributed by atoms with Gasteiger partial charge in [0.05, 0.1) is 18.0 Å². The van der Waals surface area contributed by atoms with Crippen LogP contribution in [0, 0.1) is 0 Å². The number of morpholine rings is 1. The molecule has 0 radical (unpaired) electrons. The van der Waals surface area contributed by atoms with E-state index < -0.39 is 0 Å². The Kier molecular flexibility index (Phi) is 7.21. The Balaban J connectivity index is 1.38. The Labute approximate surface area is 206 Å². The van der Waals surface area contributed by atoms with Crippen molar-refractivity contribution in [1.29, 1.82) is 0 Å². The van der Waals surface area contributed by atoms with Crippen LogP contribution in [0.25, 0.3) is 10.8 Å². The van der Waals surface area contributed by atoms with Crippen molar-refractivity contribution in [2.75, 3.05) is 18.8 Å². The quantitative estimate of drug-likeness (QED) is 0.453. The Morgan fingerprint density at radius 2 is 1.74 bits per heavy atom. The predicted molar refractivity (Wildman–Crippen MR) is 136 cm³/mol. The fraction of sp³-hybridized carbons (Fsp3) is 0.519. The van der Waals surface area contributed by atoms with Crippen LogP contribution in [0.15, 0.2) is 47.6 Å². The molecule has 2 fully saturated rings. The summed E-state index contributed by atoms with van der Waals surface area (Å²) in [6.45, 7) is 5.38. The van der Waals surface area contributed by atoms with Crippen molar-refractivity contribution in [1.82, 2.24) is 19.7 Å². The number of benzene rings is 2. The Morgan fingerprint density at radius 3 is 2.53 bits per heavy atom. The van der Waals surface area contributed by atoms with Gasteiger partial charge in [-0.05, 0) is 43.0 Å². The number of thioether (sulfide) groups is 1. The summed E-state index contributed by atoms with van der Waals surface area (Å²) in [6, 6.07) is 15.4. The van der Waals surface area contributed by atoms with E-state index in [1.807, 2.05) is 18.7 Å². The Hall–Kier alpha value is -2.38. The van der Waals surface area contributed by atoms with Gasteiger partial charge in [0.15, 0.2) is 5.16 Å². The average Bonchev–Trinajstić information content (AvgIpc) is 3.25. The monoisotopic (exact) mass is 478 g/mol. The SMILES string of the molecule is C[C@H]1CN(C(=O)CSc2nnc(Cc3cccc4ccccc34)n2C2CCCCC2)C[C@H](C)O1. The van der Waals surface area contributed by atoms with Gasteiger partial charge in [-0.3, -0.25) is 4.79 Å². The van der Waals surface area contributed by atoms with Crippen molar-refractivity contribution in [3.8, 4) is 0 Å². The number of carbonyl (C=O) groups excluding carboxylic acids is 1. The minimum absolute atomic E-state index is 0.0795. The minimum Gasteiger partial charge on any atom is -0.372 e. The normalized spacial score (nSPS) is 21.8. The largest absolute Gasteiger partial charge is 0.372 e. The lowest BCUT2D eigenvalue weighted by molar-refractivity contribution is -0.140. The number of hydrogen-bond donors (Lipinski definition) is 0. The van der Waals surface area contributed by atoms with Crippen molar-refractivity contribution in [2.24, 2.45) is 0 Å². The lowest BCUT2D eigenvalue weighted by Gasteiger charge is -2.35. The van der Waals surface area contributed by atoms with E-state index in [-0.39, 0.29) is 18.1 Å². The lowest BCUT2D eigenvalue weighted by Crippen LogP contribution is -2.48. The molecule has 34 heavy (non-hydrogen) atoms. The first-order valence-corrected chi connectivity index (χ1v) is 13.5. The van der Waals surface area contributed by atoms with Gasteiger partial charge in [0.25, 0.3) is 0 Å². The van der Waals surface area contributed by atoms with Crippen molar-refractivity contribution in [3.05, 3.63) is 53.9 Å². The summed E-state index contributed by atoms with van der Waals surface area (Å²) in [5.41, 5.74) is 1.27. The summed E-state index contributed by atoms with van der Waals surface area (Å²) in [7, 11) is 0. The van der Waals surface area contributed by atoms with Crippen molar-refractivity contribution in [3.63, 3.8) is 0 Å². The van der Waals surface area contributed by atoms with Crippen LogP contribution >= 0.6 is 11.8 Å². The molecule has 180 valence electrons. The maximum atomic E-state index is 13.0. The molecule has 6 nitrogen and oxygen atoms in total. The number of amides is 1. The summed E-state index contributed by atoms with van der Waals surface area (Å²) in [4.78, 5) is 14.9. The molecule has 1 aliphatic carbocycles. The van der Waals surface area contributed by atoms with Crippen LogP contribution in [-0.4, -0.2) is 56.6 Å². The van der Waals surface area contributed by atoms with E-state index >= 15 is 0 Å². The molecule has 0 unspecified atom stereocenters. The molecular formula is C27H34N4O2S. The summed E-state index contributed by atoms with van der Waals surface area (Å²) >= 11 is 1.54. The number of hydrogen-bond acceptors (Lipinski definition) is 5. The van der Waals surface area contributed by atoms with Gasteiger partial charge in [-0.2, -0.15) is 0 Å². The topological polar surface area (TPSA) is 60.2 Å². The predicted octanol–water partition coefficient (Wildman–Crippen LogP) is 5.26. The first kappa shape index (κ1) is 23.4. The summed E-state index contributed by atoms with van der Waals surface area (Å²) in [5, 5.41) is 12.6. The number of aromatic nitrogens is 3. The van der Waals surface area contributed by atoms with Crippen LogP contribution in [0.2, 0.25) is 0 Å². The van der Waals surface area contributed by atoms with Crippen LogP contribution in [0.4, 0.5) is 0 Å². The minimum atomic E-state index is 0.0795. The molecule has 1 saturated heterocycles. The number of ether oxygens (including phenoxy) is 1. The van der Waals surface area contributed by atoms with Crippen LogP contribution in [-0.2, 0) is 16.0 Å². The fourth-order valence-corrected chi connectivity index (χ4v) is 6.38. The second-order valence-corrected chi connectivity index (χ2v) is 10.7. The molecule has 2 heterocycles. The van der Waals surface area contributed by atoms with Gasteiger partial charge in [0.2, 0.25) is 5.91 Å². The zero-order valence-corrected chi connectivity index (χ0v) is 21.0. The van der Waals surface area contributed by atoms with Crippen LogP contribution in [0.3, 0.4) is 0 Å². The highest BCUT2D eigenvalue weighted by molar-refractivity contribution is 7.99. The van der Waals surface area contributed by atoms with Crippen LogP contribution in [0.1, 0.15) is 63.4 Å². The smallest absolute Gasteiger partial charge is 0.233 e. The van der Waals surface area contributed by atoms with Gasteiger partial charge in [-0.1, -0.05) is 73.5 Å². The van der Waals surface area contributed by atoms with Gasteiger partial charge in [0.1, 0.15) is 5.82 Å². The van der Waals surface area contributed by atoms with E-state index in [4.69, 9.17) is 4.74 Å². The first-order chi connectivity index (χ1) is 16.6. The highest BCUT2D eigenvalue weighted by Gasteiger charge is 2.28. The molecule has 2 aromatic carbocycles. The standard InChI is InChI=1S/C27H34N4O2S/c1-19-16-30(17-20(2)33-19)26(32)18-34-27-29-28-25(31(27)23-12-4-3-5-13-23)15-22-11-8-10-21-9-6-7-14-24(21)22/h6-11,14,19-20,23H,3-5,12-13,15-18H2,1-2H3/t19-,20-/m0/s1. The number of nitrogens with zero attached hydrogens (tertiary/aromatic N) is 4. The zero-order chi connectivity index (χ0) is 23.5. The van der Waals surface area contributed by atoms with Gasteiger partial charge in [-0.25, -0.2) is 0 Å². The van der Waals surface area contributed by atoms with Gasteiger partial charge < -0.3 is 14.2 Å². The molecule has 0 spiro atoms. The van der Waals surface area contributed by atoms with Crippen LogP contribution in [0.5, 0.6) is 0 Å². The molecule has 5 rings (SSSR count). The van der Waals surface area contributed by atoms with E-state index in [2.05, 4.69) is 57.2 Å². The average molecular weight is 479 g/mol. The molecule has 2 aliphatic rings. The summed E-state index contributed by atoms with van der Waals surface area (Å²) in [5.74, 6) is 1.55. The third kappa shape index (κ3) is 5.15. The Bertz CT molecular complexity index is 1130. The molecule has 3 aromatic rings. The molecule has 2 atom stereocenters. The second-order valence-electron chi connectivity index (χ2n) is 9.72. The molecule has 1 amide bonds. The van der Waals surface area contributed by atoms with E-state index in [1.54, 1.807) is 0 Å². The van der Waals surface area contributed by atoms with Gasteiger partial charge in [0, 0.05) is 25.6 Å². The Morgan fingerprint density at radius 1 is 1.00 bits per heavy atom. The molecule has 0 N–H and O–H groups in total. The molecule has 1 aromatic heterocycles. The van der Waals surface area contributed by atoms with Crippen molar-refractivity contribution < 1.29 is 9.53 Å². The highest BCUT2D eigenvalue weighted by Crippen LogP contribution is 2.34. The molecule has 0 bridgehead atoms. The van der Waals surface area contributed by atoms with E-state index in [0.29, 0.717) is 24.9 Å². The zero-order valence-electron chi connectivity index (χ0n) is 20.2. The highest BCUT2D eigenvalue weighted by atomic mass is 32.2. The summed E-state index contributed by atoms with van der Waals surface area (Å²) < 4.78 is 8.14. The number of fused-ring (bicyclic) bond motifs is 1. The first-order valence-electron chi connectivity index (χ1n) is 12.5. The van der Waals surface area contributed by atoms with Gasteiger partial charge in [-0.15, -0.1) is 10.2 Å². The molecule has 1 saturated carbocycles. The van der Waals surface area contributed by atoms with E-state index in [9.17, 15) is 4.79 Å². The second kappa shape index (κ2) is 10.5. The third-order valence-electron chi connectivity index (χ3n) is 7.00. The van der Waals surface area contributed by atoms with E-state index in [0.717, 1.165) is 30.2 Å². The number of carbonyl (C=O) groups is 1. The summed E-state index contributed by atoms with van der Waals surface area (Å²) in [6.07, 6.45) is 6.99. The van der Waals surface area contributed by atoms with Crippen molar-refractivity contribution in [2.45, 2.75) is 75.8 Å². The van der Waals surface area contributed by atoms with Crippen molar-refractivity contribution >= 4 is 28.4 Å². The van der Waals surface area contributed by atoms with Gasteiger partial charge >= 0.3 is 0 Å². The fourth-order valence-electron chi connectivity index (χ4n) is 5.45. The number of rotatable bonds is 6. The maximum absolute atomic E-state index is 13.0. The lowest BCUT2D eigenvalue weighted by atomic mass is 9.95.